The van der Waals surface area contributed by atoms with Gasteiger partial charge in [-0.1, -0.05) is 0 Å². The number of anilines is 1. The van der Waals surface area contributed by atoms with Gasteiger partial charge in [0, 0.05) is 10.5 Å². The molecule has 0 atom stereocenters. The maximum Gasteiger partial charge on any atom is 0.341 e. The molecule has 0 aliphatic rings. The molecule has 0 saturated heterocycles. The summed E-state index contributed by atoms with van der Waals surface area (Å²) < 4.78 is 10.1. The number of rotatable bonds is 2. The van der Waals surface area contributed by atoms with Gasteiger partial charge in [0.05, 0.1) is 25.5 Å². The van der Waals surface area contributed by atoms with Gasteiger partial charge in [-0.25, -0.2) is 4.79 Å². The first-order valence-electron chi connectivity index (χ1n) is 3.81. The first-order valence-corrected chi connectivity index (χ1v) is 4.60. The van der Waals surface area contributed by atoms with Gasteiger partial charge < -0.3 is 15.2 Å². The van der Waals surface area contributed by atoms with Crippen molar-refractivity contribution in [1.29, 1.82) is 0 Å². The van der Waals surface area contributed by atoms with Crippen LogP contribution in [0.2, 0.25) is 0 Å². The number of ether oxygens (including phenoxy) is 2. The van der Waals surface area contributed by atoms with Gasteiger partial charge in [-0.05, 0) is 22.0 Å². The summed E-state index contributed by atoms with van der Waals surface area (Å²) in [6.07, 6.45) is 0. The lowest BCUT2D eigenvalue weighted by Crippen LogP contribution is -2.06. The Bertz CT molecular complexity index is 342. The highest BCUT2D eigenvalue weighted by Gasteiger charge is 2.15. The van der Waals surface area contributed by atoms with Crippen molar-refractivity contribution < 1.29 is 14.3 Å². The Kier molecular flexibility index (Phi) is 3.35. The zero-order valence-corrected chi connectivity index (χ0v) is 9.42. The van der Waals surface area contributed by atoms with E-state index in [1.54, 1.807) is 12.1 Å². The van der Waals surface area contributed by atoms with Gasteiger partial charge in [0.15, 0.2) is 0 Å². The number of nitrogen functional groups attached to an aromatic ring is 1. The number of nitrogens with two attached hydrogens (primary N) is 1. The zero-order valence-electron chi connectivity index (χ0n) is 7.83. The minimum atomic E-state index is -0.475. The van der Waals surface area contributed by atoms with Crippen molar-refractivity contribution in [3.8, 4) is 5.75 Å². The molecule has 0 aliphatic heterocycles. The van der Waals surface area contributed by atoms with Gasteiger partial charge >= 0.3 is 5.97 Å². The van der Waals surface area contributed by atoms with Crippen LogP contribution in [0.25, 0.3) is 0 Å². The highest BCUT2D eigenvalue weighted by atomic mass is 79.9. The van der Waals surface area contributed by atoms with E-state index in [0.29, 0.717) is 21.5 Å². The van der Waals surface area contributed by atoms with Crippen LogP contribution in [-0.2, 0) is 4.74 Å². The van der Waals surface area contributed by atoms with Crippen molar-refractivity contribution in [2.24, 2.45) is 0 Å². The van der Waals surface area contributed by atoms with E-state index in [1.807, 2.05) is 0 Å². The number of carbonyl (C=O) groups is 1. The van der Waals surface area contributed by atoms with E-state index in [-0.39, 0.29) is 0 Å². The molecule has 0 aromatic heterocycles. The third-order valence-electron chi connectivity index (χ3n) is 1.72. The van der Waals surface area contributed by atoms with Gasteiger partial charge in [0.1, 0.15) is 5.75 Å². The number of benzene rings is 1. The summed E-state index contributed by atoms with van der Waals surface area (Å²) in [5.41, 5.74) is 6.30. The molecule has 1 aromatic carbocycles. The number of hydrogen-bond acceptors (Lipinski definition) is 4. The van der Waals surface area contributed by atoms with Crippen LogP contribution in [0, 0.1) is 0 Å². The van der Waals surface area contributed by atoms with Gasteiger partial charge in [-0.15, -0.1) is 0 Å². The molecule has 0 aliphatic carbocycles. The maximum absolute atomic E-state index is 11.3. The summed E-state index contributed by atoms with van der Waals surface area (Å²) in [5.74, 6) is 0.110. The van der Waals surface area contributed by atoms with E-state index in [0.717, 1.165) is 0 Å². The molecule has 1 aromatic rings. The Morgan fingerprint density at radius 2 is 2.07 bits per heavy atom. The number of carbonyl (C=O) groups excluding carboxylic acids is 1. The minimum absolute atomic E-state index is 0.313. The SMILES string of the molecule is COC(=O)c1c(N)cc(OC)cc1Br. The molecule has 76 valence electrons. The second kappa shape index (κ2) is 4.32. The van der Waals surface area contributed by atoms with Crippen LogP contribution in [-0.4, -0.2) is 20.2 Å². The fourth-order valence-corrected chi connectivity index (χ4v) is 1.65. The molecule has 5 heteroatoms. The lowest BCUT2D eigenvalue weighted by Gasteiger charge is -2.08. The van der Waals surface area contributed by atoms with Crippen molar-refractivity contribution in [1.82, 2.24) is 0 Å². The van der Waals surface area contributed by atoms with Crippen LogP contribution >= 0.6 is 15.9 Å². The van der Waals surface area contributed by atoms with E-state index >= 15 is 0 Å². The van der Waals surface area contributed by atoms with Crippen molar-refractivity contribution in [3.63, 3.8) is 0 Å². The summed E-state index contributed by atoms with van der Waals surface area (Å²) in [7, 11) is 2.83. The lowest BCUT2D eigenvalue weighted by atomic mass is 10.2. The van der Waals surface area contributed by atoms with E-state index in [9.17, 15) is 4.79 Å². The highest BCUT2D eigenvalue weighted by Crippen LogP contribution is 2.29. The molecule has 4 nitrogen and oxygen atoms in total. The molecule has 0 saturated carbocycles. The highest BCUT2D eigenvalue weighted by molar-refractivity contribution is 9.10. The largest absolute Gasteiger partial charge is 0.497 e. The van der Waals surface area contributed by atoms with Crippen LogP contribution in [0.15, 0.2) is 16.6 Å². The predicted molar refractivity (Wildman–Crippen MR) is 56.4 cm³/mol. The summed E-state index contributed by atoms with van der Waals surface area (Å²) in [6, 6.07) is 3.22. The fourth-order valence-electron chi connectivity index (χ4n) is 1.04. The molecule has 0 heterocycles. The molecule has 0 bridgehead atoms. The molecular formula is C9H10BrNO3. The van der Waals surface area contributed by atoms with Crippen LogP contribution in [0.5, 0.6) is 5.75 Å². The molecular weight excluding hydrogens is 250 g/mol. The fraction of sp³-hybridized carbons (Fsp3) is 0.222. The standard InChI is InChI=1S/C9H10BrNO3/c1-13-5-3-6(10)8(7(11)4-5)9(12)14-2/h3-4H,11H2,1-2H3. The summed E-state index contributed by atoms with van der Waals surface area (Å²) in [4.78, 5) is 11.3. The van der Waals surface area contributed by atoms with Crippen molar-refractivity contribution in [2.75, 3.05) is 20.0 Å². The van der Waals surface area contributed by atoms with Crippen LogP contribution in [0.3, 0.4) is 0 Å². The number of esters is 1. The second-order valence-corrected chi connectivity index (χ2v) is 3.42. The second-order valence-electron chi connectivity index (χ2n) is 2.57. The average molecular weight is 260 g/mol. The molecule has 14 heavy (non-hydrogen) atoms. The Labute approximate surface area is 90.1 Å². The Morgan fingerprint density at radius 3 is 2.50 bits per heavy atom. The van der Waals surface area contributed by atoms with Gasteiger partial charge in [-0.3, -0.25) is 0 Å². The molecule has 1 rings (SSSR count). The normalized spacial score (nSPS) is 9.64. The Balaban J connectivity index is 3.25. The summed E-state index contributed by atoms with van der Waals surface area (Å²) in [5, 5.41) is 0. The van der Waals surface area contributed by atoms with E-state index < -0.39 is 5.97 Å². The minimum Gasteiger partial charge on any atom is -0.497 e. The molecule has 0 fully saturated rings. The lowest BCUT2D eigenvalue weighted by molar-refractivity contribution is 0.0601. The van der Waals surface area contributed by atoms with Crippen molar-refractivity contribution in [3.05, 3.63) is 22.2 Å². The predicted octanol–water partition coefficient (Wildman–Crippen LogP) is 1.83. The third-order valence-corrected chi connectivity index (χ3v) is 2.34. The Morgan fingerprint density at radius 1 is 1.43 bits per heavy atom. The molecule has 0 radical (unpaired) electrons. The molecule has 0 amide bonds. The van der Waals surface area contributed by atoms with Crippen LogP contribution < -0.4 is 10.5 Å². The molecule has 0 unspecified atom stereocenters. The monoisotopic (exact) mass is 259 g/mol. The zero-order chi connectivity index (χ0) is 10.7. The van der Waals surface area contributed by atoms with Gasteiger partial charge in [0.2, 0.25) is 0 Å². The first-order chi connectivity index (χ1) is 6.60. The quantitative estimate of drug-likeness (QED) is 0.650. The van der Waals surface area contributed by atoms with Crippen molar-refractivity contribution >= 4 is 27.6 Å². The number of hydrogen-bond donors (Lipinski definition) is 1. The molecule has 0 spiro atoms. The smallest absolute Gasteiger partial charge is 0.341 e. The summed E-state index contributed by atoms with van der Waals surface area (Å²) in [6.45, 7) is 0. The number of methoxy groups -OCH3 is 2. The van der Waals surface area contributed by atoms with Crippen LogP contribution in [0.4, 0.5) is 5.69 Å². The van der Waals surface area contributed by atoms with Gasteiger partial charge in [-0.2, -0.15) is 0 Å². The van der Waals surface area contributed by atoms with E-state index in [1.165, 1.54) is 14.2 Å². The average Bonchev–Trinajstić information content (AvgIpc) is 2.16. The topological polar surface area (TPSA) is 61.5 Å². The third kappa shape index (κ3) is 1.98. The maximum atomic E-state index is 11.3. The first kappa shape index (κ1) is 10.8. The van der Waals surface area contributed by atoms with E-state index in [4.69, 9.17) is 10.5 Å². The molecule has 2 N–H and O–H groups in total. The van der Waals surface area contributed by atoms with E-state index in [2.05, 4.69) is 20.7 Å². The van der Waals surface area contributed by atoms with Crippen molar-refractivity contribution in [2.45, 2.75) is 0 Å². The van der Waals surface area contributed by atoms with Crippen LogP contribution in [0.1, 0.15) is 10.4 Å². The summed E-state index contributed by atoms with van der Waals surface area (Å²) >= 11 is 3.22. The van der Waals surface area contributed by atoms with Gasteiger partial charge in [0.25, 0.3) is 0 Å². The number of halogens is 1. The Hall–Kier alpha value is -1.23.